The smallest absolute Gasteiger partial charge is 0.122 e. The Morgan fingerprint density at radius 3 is 2.62 bits per heavy atom. The predicted molar refractivity (Wildman–Crippen MR) is 45.1 cm³/mol. The molecule has 0 aromatic carbocycles. The normalized spacial score (nSPS) is 48.7. The minimum Gasteiger partial charge on any atom is -0.396 e. The van der Waals surface area contributed by atoms with Crippen LogP contribution in [0.15, 0.2) is 0 Å². The van der Waals surface area contributed by atoms with Gasteiger partial charge in [-0.2, -0.15) is 0 Å². The third kappa shape index (κ3) is 1.00. The molecule has 2 unspecified atom stereocenters. The van der Waals surface area contributed by atoms with Gasteiger partial charge in [0.25, 0.3) is 0 Å². The Balaban J connectivity index is 2.26. The monoisotopic (exact) mass is 188 g/mol. The topological polar surface area (TPSA) is 69.9 Å². The lowest BCUT2D eigenvalue weighted by Gasteiger charge is -2.36. The van der Waals surface area contributed by atoms with Crippen molar-refractivity contribution in [2.45, 2.75) is 30.5 Å². The predicted octanol–water partition coefficient (Wildman–Crippen LogP) is -0.729. The Kier molecular flexibility index (Phi) is 2.11. The van der Waals surface area contributed by atoms with E-state index in [4.69, 9.17) is 9.84 Å². The third-order valence-electron chi connectivity index (χ3n) is 3.68. The van der Waals surface area contributed by atoms with Gasteiger partial charge in [-0.15, -0.1) is 0 Å². The summed E-state index contributed by atoms with van der Waals surface area (Å²) in [6.07, 6.45) is 2.05. The van der Waals surface area contributed by atoms with Crippen LogP contribution in [0.25, 0.3) is 0 Å². The van der Waals surface area contributed by atoms with E-state index in [1.54, 1.807) is 0 Å². The minimum absolute atomic E-state index is 0.00493. The first-order valence-electron chi connectivity index (χ1n) is 4.76. The van der Waals surface area contributed by atoms with Crippen LogP contribution >= 0.6 is 0 Å². The lowest BCUT2D eigenvalue weighted by atomic mass is 9.82. The van der Waals surface area contributed by atoms with Crippen LogP contribution < -0.4 is 0 Å². The molecule has 4 nitrogen and oxygen atoms in total. The first-order chi connectivity index (χ1) is 6.18. The SMILES string of the molecule is OCC[C@]12CCC(CO1)C2(O)CO. The molecule has 0 aromatic rings. The van der Waals surface area contributed by atoms with Crippen molar-refractivity contribution in [3.05, 3.63) is 0 Å². The van der Waals surface area contributed by atoms with E-state index < -0.39 is 11.2 Å². The zero-order chi connectivity index (χ0) is 9.53. The highest BCUT2D eigenvalue weighted by Gasteiger charge is 2.64. The maximum Gasteiger partial charge on any atom is 0.122 e. The van der Waals surface area contributed by atoms with Gasteiger partial charge >= 0.3 is 0 Å². The van der Waals surface area contributed by atoms with Gasteiger partial charge in [0.15, 0.2) is 0 Å². The van der Waals surface area contributed by atoms with E-state index in [-0.39, 0.29) is 19.1 Å². The van der Waals surface area contributed by atoms with Gasteiger partial charge in [-0.1, -0.05) is 0 Å². The van der Waals surface area contributed by atoms with Crippen LogP contribution in [-0.2, 0) is 4.74 Å². The van der Waals surface area contributed by atoms with Crippen molar-refractivity contribution in [1.29, 1.82) is 0 Å². The summed E-state index contributed by atoms with van der Waals surface area (Å²) >= 11 is 0. The van der Waals surface area contributed by atoms with E-state index in [2.05, 4.69) is 0 Å². The molecule has 3 atom stereocenters. The van der Waals surface area contributed by atoms with Gasteiger partial charge < -0.3 is 20.1 Å². The second kappa shape index (κ2) is 2.92. The second-order valence-corrected chi connectivity index (χ2v) is 4.10. The molecule has 0 aromatic heterocycles. The lowest BCUT2D eigenvalue weighted by Crippen LogP contribution is -2.52. The Morgan fingerprint density at radius 1 is 1.38 bits per heavy atom. The molecule has 76 valence electrons. The molecule has 0 radical (unpaired) electrons. The second-order valence-electron chi connectivity index (χ2n) is 4.10. The summed E-state index contributed by atoms with van der Waals surface area (Å²) in [5, 5.41) is 28.3. The molecule has 3 N–H and O–H groups in total. The Labute approximate surface area is 77.1 Å². The molecular formula is C9H16O4. The van der Waals surface area contributed by atoms with Crippen molar-refractivity contribution < 1.29 is 20.1 Å². The average molecular weight is 188 g/mol. The van der Waals surface area contributed by atoms with Crippen LogP contribution in [0.5, 0.6) is 0 Å². The van der Waals surface area contributed by atoms with Gasteiger partial charge in [-0.3, -0.25) is 0 Å². The van der Waals surface area contributed by atoms with Crippen LogP contribution in [0.1, 0.15) is 19.3 Å². The highest BCUT2D eigenvalue weighted by molar-refractivity contribution is 5.14. The molecule has 2 bridgehead atoms. The fourth-order valence-corrected chi connectivity index (χ4v) is 2.78. The molecule has 2 fully saturated rings. The zero-order valence-electron chi connectivity index (χ0n) is 7.57. The average Bonchev–Trinajstić information content (AvgIpc) is 2.57. The summed E-state index contributed by atoms with van der Waals surface area (Å²) in [5.41, 5.74) is -1.79. The number of aliphatic hydroxyl groups is 3. The lowest BCUT2D eigenvalue weighted by molar-refractivity contribution is -0.140. The van der Waals surface area contributed by atoms with Crippen molar-refractivity contribution in [3.63, 3.8) is 0 Å². The first-order valence-corrected chi connectivity index (χ1v) is 4.76. The van der Waals surface area contributed by atoms with Gasteiger partial charge in [0.2, 0.25) is 0 Å². The van der Waals surface area contributed by atoms with Gasteiger partial charge in [0.05, 0.1) is 13.2 Å². The van der Waals surface area contributed by atoms with Crippen LogP contribution in [-0.4, -0.2) is 46.3 Å². The maximum atomic E-state index is 10.2. The van der Waals surface area contributed by atoms with Gasteiger partial charge in [-0.25, -0.2) is 0 Å². The van der Waals surface area contributed by atoms with Crippen molar-refractivity contribution in [1.82, 2.24) is 0 Å². The molecule has 2 rings (SSSR count). The van der Waals surface area contributed by atoms with Crippen molar-refractivity contribution in [2.75, 3.05) is 19.8 Å². The fraction of sp³-hybridized carbons (Fsp3) is 1.00. The van der Waals surface area contributed by atoms with E-state index in [1.165, 1.54) is 0 Å². The largest absolute Gasteiger partial charge is 0.396 e. The number of aliphatic hydroxyl groups excluding tert-OH is 2. The maximum absolute atomic E-state index is 10.2. The molecule has 13 heavy (non-hydrogen) atoms. The Hall–Kier alpha value is -0.160. The summed E-state index contributed by atoms with van der Waals surface area (Å²) in [6, 6.07) is 0. The summed E-state index contributed by atoms with van der Waals surface area (Å²) in [4.78, 5) is 0. The van der Waals surface area contributed by atoms with Crippen LogP contribution in [0, 0.1) is 5.92 Å². The highest BCUT2D eigenvalue weighted by atomic mass is 16.5. The van der Waals surface area contributed by atoms with Gasteiger partial charge in [0, 0.05) is 18.9 Å². The molecule has 1 aliphatic heterocycles. The van der Waals surface area contributed by atoms with E-state index >= 15 is 0 Å². The number of hydrogen-bond donors (Lipinski definition) is 3. The van der Waals surface area contributed by atoms with Crippen LogP contribution in [0.4, 0.5) is 0 Å². The van der Waals surface area contributed by atoms with E-state index in [0.717, 1.165) is 12.8 Å². The van der Waals surface area contributed by atoms with Crippen molar-refractivity contribution in [3.8, 4) is 0 Å². The molecule has 1 aliphatic carbocycles. The minimum atomic E-state index is -1.12. The molecule has 2 aliphatic rings. The fourth-order valence-electron chi connectivity index (χ4n) is 2.78. The molecular weight excluding hydrogens is 172 g/mol. The standard InChI is InChI=1S/C9H16O4/c10-4-3-8-2-1-7(5-13-8)9(8,12)6-11/h7,10-12H,1-6H2/t7?,8-,9?/m0/s1. The Morgan fingerprint density at radius 2 is 2.15 bits per heavy atom. The van der Waals surface area contributed by atoms with Gasteiger partial charge in [-0.05, 0) is 12.8 Å². The zero-order valence-corrected chi connectivity index (χ0v) is 7.57. The van der Waals surface area contributed by atoms with Gasteiger partial charge in [0.1, 0.15) is 11.2 Å². The summed E-state index contributed by atoms with van der Waals surface area (Å²) in [6.45, 7) is 0.240. The van der Waals surface area contributed by atoms with Crippen molar-refractivity contribution >= 4 is 0 Å². The first kappa shape index (κ1) is 9.40. The summed E-state index contributed by atoms with van der Waals surface area (Å²) in [7, 11) is 0. The summed E-state index contributed by atoms with van der Waals surface area (Å²) in [5.74, 6) is 0.0454. The molecule has 1 saturated heterocycles. The number of fused-ring (bicyclic) bond motifs is 2. The number of hydrogen-bond acceptors (Lipinski definition) is 4. The molecule has 4 heteroatoms. The van der Waals surface area contributed by atoms with E-state index in [1.807, 2.05) is 0 Å². The summed E-state index contributed by atoms with van der Waals surface area (Å²) < 4.78 is 5.52. The molecule has 1 saturated carbocycles. The third-order valence-corrected chi connectivity index (χ3v) is 3.68. The van der Waals surface area contributed by atoms with Crippen LogP contribution in [0.3, 0.4) is 0 Å². The van der Waals surface area contributed by atoms with E-state index in [0.29, 0.717) is 13.0 Å². The number of rotatable bonds is 3. The Bertz CT molecular complexity index is 198. The molecule has 1 heterocycles. The molecule has 0 spiro atoms. The van der Waals surface area contributed by atoms with E-state index in [9.17, 15) is 10.2 Å². The molecule has 0 amide bonds. The van der Waals surface area contributed by atoms with Crippen LogP contribution in [0.2, 0.25) is 0 Å². The highest BCUT2D eigenvalue weighted by Crippen LogP contribution is 2.53. The quantitative estimate of drug-likeness (QED) is 0.546. The van der Waals surface area contributed by atoms with Crippen molar-refractivity contribution in [2.24, 2.45) is 5.92 Å². The number of ether oxygens (including phenoxy) is 1.